The van der Waals surface area contributed by atoms with E-state index in [9.17, 15) is 15.0 Å². The van der Waals surface area contributed by atoms with Gasteiger partial charge in [-0.2, -0.15) is 0 Å². The minimum Gasteiger partial charge on any atom is -0.462 e. The molecule has 1 unspecified atom stereocenters. The van der Waals surface area contributed by atoms with Gasteiger partial charge in [0.15, 0.2) is 0 Å². The van der Waals surface area contributed by atoms with Gasteiger partial charge in [-0.05, 0) is 42.1 Å². The summed E-state index contributed by atoms with van der Waals surface area (Å²) in [6.07, 6.45) is 8.73. The van der Waals surface area contributed by atoms with E-state index in [0.717, 1.165) is 19.3 Å². The lowest BCUT2D eigenvalue weighted by Crippen LogP contribution is -2.41. The maximum atomic E-state index is 11.5. The summed E-state index contributed by atoms with van der Waals surface area (Å²) in [4.78, 5) is 11.5. The normalized spacial score (nSPS) is 41.4. The van der Waals surface area contributed by atoms with Gasteiger partial charge < -0.3 is 14.9 Å². The largest absolute Gasteiger partial charge is 0.462 e. The molecule has 2 N–H and O–H groups in total. The zero-order valence-electron chi connectivity index (χ0n) is 14.9. The molecule has 0 saturated carbocycles. The third kappa shape index (κ3) is 3.75. The van der Waals surface area contributed by atoms with Gasteiger partial charge in [-0.3, -0.25) is 4.79 Å². The monoisotopic (exact) mass is 334 g/mol. The van der Waals surface area contributed by atoms with E-state index in [1.54, 1.807) is 0 Å². The number of ether oxygens (including phenoxy) is 1. The second kappa shape index (κ2) is 6.64. The second-order valence-corrected chi connectivity index (χ2v) is 8.60. The number of esters is 1. The van der Waals surface area contributed by atoms with Crippen molar-refractivity contribution in [3.8, 4) is 0 Å². The molecule has 6 atom stereocenters. The molecule has 0 radical (unpaired) electrons. The van der Waals surface area contributed by atoms with Gasteiger partial charge >= 0.3 is 5.97 Å². The lowest BCUT2D eigenvalue weighted by Gasteiger charge is -2.44. The minimum atomic E-state index is -0.573. The summed E-state index contributed by atoms with van der Waals surface area (Å²) in [6.45, 7) is 6.54. The van der Waals surface area contributed by atoms with Gasteiger partial charge in [0.05, 0.1) is 18.6 Å². The molecule has 24 heavy (non-hydrogen) atoms. The number of hydrogen-bond acceptors (Lipinski definition) is 4. The summed E-state index contributed by atoms with van der Waals surface area (Å²) in [5.41, 5.74) is 1.28. The Kier molecular flexibility index (Phi) is 4.89. The van der Waals surface area contributed by atoms with E-state index in [0.29, 0.717) is 18.3 Å². The molecule has 0 aromatic carbocycles. The number of cyclic esters (lactones) is 1. The number of aliphatic hydroxyl groups is 2. The predicted molar refractivity (Wildman–Crippen MR) is 92.1 cm³/mol. The highest BCUT2D eigenvalue weighted by Crippen LogP contribution is 2.47. The van der Waals surface area contributed by atoms with Crippen molar-refractivity contribution in [3.05, 3.63) is 23.8 Å². The fourth-order valence-electron chi connectivity index (χ4n) is 4.78. The first-order valence-corrected chi connectivity index (χ1v) is 9.22. The Bertz CT molecular complexity index is 548. The molecule has 4 nitrogen and oxygen atoms in total. The summed E-state index contributed by atoms with van der Waals surface area (Å²) in [7, 11) is 0. The molecule has 1 aliphatic heterocycles. The second-order valence-electron chi connectivity index (χ2n) is 8.60. The zero-order chi connectivity index (χ0) is 17.5. The van der Waals surface area contributed by atoms with Crippen molar-refractivity contribution in [1.82, 2.24) is 0 Å². The van der Waals surface area contributed by atoms with E-state index >= 15 is 0 Å². The number of carbonyl (C=O) groups is 1. The van der Waals surface area contributed by atoms with Crippen LogP contribution < -0.4 is 0 Å². The Morgan fingerprint density at radius 3 is 2.75 bits per heavy atom. The number of allylic oxidation sites excluding steroid dienone is 3. The molecule has 2 aliphatic carbocycles. The van der Waals surface area contributed by atoms with Crippen LogP contribution in [0.3, 0.4) is 0 Å². The van der Waals surface area contributed by atoms with Crippen molar-refractivity contribution in [3.63, 3.8) is 0 Å². The van der Waals surface area contributed by atoms with E-state index in [2.05, 4.69) is 39.0 Å². The highest BCUT2D eigenvalue weighted by atomic mass is 16.5. The fourth-order valence-corrected chi connectivity index (χ4v) is 4.78. The molecule has 1 heterocycles. The van der Waals surface area contributed by atoms with Gasteiger partial charge in [-0.1, -0.05) is 39.0 Å². The summed E-state index contributed by atoms with van der Waals surface area (Å²) < 4.78 is 5.38. The molecule has 1 saturated heterocycles. The number of fused-ring (bicyclic) bond motifs is 1. The van der Waals surface area contributed by atoms with Crippen LogP contribution in [0.5, 0.6) is 0 Å². The van der Waals surface area contributed by atoms with E-state index in [1.165, 1.54) is 5.57 Å². The molecule has 134 valence electrons. The molecule has 0 aromatic heterocycles. The van der Waals surface area contributed by atoms with Crippen LogP contribution in [0.15, 0.2) is 23.8 Å². The van der Waals surface area contributed by atoms with Crippen molar-refractivity contribution < 1.29 is 19.7 Å². The Hall–Kier alpha value is -1.13. The van der Waals surface area contributed by atoms with E-state index in [1.807, 2.05) is 0 Å². The molecule has 0 spiro atoms. The Morgan fingerprint density at radius 2 is 2.04 bits per heavy atom. The molecule has 1 fully saturated rings. The average molecular weight is 334 g/mol. The summed E-state index contributed by atoms with van der Waals surface area (Å²) in [5.74, 6) is 0.620. The average Bonchev–Trinajstić information content (AvgIpc) is 2.44. The Balaban J connectivity index is 1.71. The van der Waals surface area contributed by atoms with Crippen LogP contribution in [-0.2, 0) is 9.53 Å². The summed E-state index contributed by atoms with van der Waals surface area (Å²) >= 11 is 0. The van der Waals surface area contributed by atoms with Crippen molar-refractivity contribution in [2.75, 3.05) is 0 Å². The third-order valence-corrected chi connectivity index (χ3v) is 5.88. The maximum absolute atomic E-state index is 11.5. The molecule has 3 rings (SSSR count). The van der Waals surface area contributed by atoms with Crippen LogP contribution >= 0.6 is 0 Å². The van der Waals surface area contributed by atoms with Crippen LogP contribution in [0.4, 0.5) is 0 Å². The predicted octanol–water partition coefficient (Wildman–Crippen LogP) is 2.99. The highest BCUT2D eigenvalue weighted by Gasteiger charge is 2.41. The van der Waals surface area contributed by atoms with Crippen LogP contribution in [0.25, 0.3) is 0 Å². The lowest BCUT2D eigenvalue weighted by atomic mass is 9.62. The first-order valence-electron chi connectivity index (χ1n) is 9.22. The van der Waals surface area contributed by atoms with Gasteiger partial charge in [0.1, 0.15) is 6.10 Å². The van der Waals surface area contributed by atoms with Crippen LogP contribution in [-0.4, -0.2) is 34.5 Å². The number of carbonyl (C=O) groups excluding carboxylic acids is 1. The molecule has 0 amide bonds. The van der Waals surface area contributed by atoms with E-state index < -0.39 is 6.10 Å². The number of hydrogen-bond donors (Lipinski definition) is 2. The van der Waals surface area contributed by atoms with Gasteiger partial charge in [0.2, 0.25) is 0 Å². The van der Waals surface area contributed by atoms with Crippen molar-refractivity contribution in [2.45, 2.75) is 71.2 Å². The smallest absolute Gasteiger partial charge is 0.308 e. The molecule has 0 aromatic rings. The molecule has 0 bridgehead atoms. The maximum Gasteiger partial charge on any atom is 0.308 e. The number of rotatable bonds is 3. The van der Waals surface area contributed by atoms with Crippen LogP contribution in [0, 0.1) is 23.2 Å². The van der Waals surface area contributed by atoms with Gasteiger partial charge in [0.25, 0.3) is 0 Å². The lowest BCUT2D eigenvalue weighted by molar-refractivity contribution is -0.160. The molecule has 3 aliphatic rings. The van der Waals surface area contributed by atoms with Crippen molar-refractivity contribution >= 4 is 5.97 Å². The van der Waals surface area contributed by atoms with Crippen LogP contribution in [0.2, 0.25) is 0 Å². The van der Waals surface area contributed by atoms with Gasteiger partial charge in [-0.15, -0.1) is 0 Å². The van der Waals surface area contributed by atoms with E-state index in [4.69, 9.17) is 4.74 Å². The first kappa shape index (κ1) is 17.7. The highest BCUT2D eigenvalue weighted by molar-refractivity contribution is 5.70. The van der Waals surface area contributed by atoms with Gasteiger partial charge in [-0.25, -0.2) is 0 Å². The zero-order valence-corrected chi connectivity index (χ0v) is 14.9. The summed E-state index contributed by atoms with van der Waals surface area (Å²) in [6, 6.07) is 0. The van der Waals surface area contributed by atoms with Crippen molar-refractivity contribution in [2.24, 2.45) is 23.2 Å². The SMILES string of the molecule is C[C@H]1C=CC2=CC(C)(C)C[C@H](O)[C@@H]2[C@H]1CCC1C[C@@H](O)CC(=O)O1. The first-order chi connectivity index (χ1) is 11.2. The minimum absolute atomic E-state index is 0.0315. The Morgan fingerprint density at radius 1 is 1.29 bits per heavy atom. The van der Waals surface area contributed by atoms with Crippen LogP contribution in [0.1, 0.15) is 52.9 Å². The van der Waals surface area contributed by atoms with E-state index in [-0.39, 0.29) is 35.9 Å². The van der Waals surface area contributed by atoms with Crippen molar-refractivity contribution in [1.29, 1.82) is 0 Å². The quantitative estimate of drug-likeness (QED) is 0.779. The third-order valence-electron chi connectivity index (χ3n) is 5.88. The van der Waals surface area contributed by atoms with Gasteiger partial charge in [0, 0.05) is 12.3 Å². The standard InChI is InChI=1S/C20H30O4/c1-12-4-5-13-10-20(2,3)11-17(22)19(13)16(12)7-6-15-8-14(21)9-18(23)24-15/h4-5,10,12,14-17,19,21-22H,6-9,11H2,1-3H3/t12-,14+,15?,16-,17-,19-/m0/s1. The number of aliphatic hydroxyl groups excluding tert-OH is 2. The molecule has 4 heteroatoms. The summed E-state index contributed by atoms with van der Waals surface area (Å²) in [5, 5.41) is 20.5. The Labute approximate surface area is 144 Å². The molecular weight excluding hydrogens is 304 g/mol. The fraction of sp³-hybridized carbons (Fsp3) is 0.750. The topological polar surface area (TPSA) is 66.8 Å². The molecular formula is C20H30O4.